The van der Waals surface area contributed by atoms with Crippen molar-refractivity contribution >= 4 is 11.9 Å². The van der Waals surface area contributed by atoms with Crippen molar-refractivity contribution in [2.45, 2.75) is 12.0 Å². The summed E-state index contributed by atoms with van der Waals surface area (Å²) in [6.45, 7) is 1.55. The Bertz CT molecular complexity index is 853. The predicted octanol–water partition coefficient (Wildman–Crippen LogP) is 1.53. The van der Waals surface area contributed by atoms with Gasteiger partial charge in [0.25, 0.3) is 0 Å². The number of carbonyl (C=O) groups excluding carboxylic acids is 1. The zero-order chi connectivity index (χ0) is 19.7. The number of anilines is 1. The van der Waals surface area contributed by atoms with Gasteiger partial charge in [0.05, 0.1) is 26.3 Å². The summed E-state index contributed by atoms with van der Waals surface area (Å²) >= 11 is 0. The third-order valence-corrected chi connectivity index (χ3v) is 5.48. The summed E-state index contributed by atoms with van der Waals surface area (Å²) in [5.74, 6) is 1.92. The minimum atomic E-state index is -0.110. The van der Waals surface area contributed by atoms with E-state index >= 15 is 0 Å². The van der Waals surface area contributed by atoms with E-state index in [-0.39, 0.29) is 24.5 Å². The molecule has 0 spiro atoms. The van der Waals surface area contributed by atoms with E-state index in [0.717, 1.165) is 13.1 Å². The van der Waals surface area contributed by atoms with Gasteiger partial charge in [-0.05, 0) is 11.1 Å². The van der Waals surface area contributed by atoms with Gasteiger partial charge in [0, 0.05) is 32.0 Å². The zero-order valence-corrected chi connectivity index (χ0v) is 16.2. The molecular weight excluding hydrogens is 360 g/mol. The molecule has 2 heterocycles. The van der Waals surface area contributed by atoms with Gasteiger partial charge in [0.2, 0.25) is 23.6 Å². The maximum atomic E-state index is 12.2. The van der Waals surface area contributed by atoms with E-state index in [1.165, 1.54) is 18.2 Å². The summed E-state index contributed by atoms with van der Waals surface area (Å²) in [6, 6.07) is 9.91. The largest absolute Gasteiger partial charge is 0.481 e. The van der Waals surface area contributed by atoms with Gasteiger partial charge in [-0.25, -0.2) is 0 Å². The molecule has 8 nitrogen and oxygen atoms in total. The highest BCUT2D eigenvalue weighted by atomic mass is 16.5. The fourth-order valence-corrected chi connectivity index (χ4v) is 4.30. The molecule has 0 bridgehead atoms. The first-order valence-corrected chi connectivity index (χ1v) is 9.23. The second kappa shape index (κ2) is 7.63. The number of rotatable bonds is 6. The summed E-state index contributed by atoms with van der Waals surface area (Å²) in [4.78, 5) is 23.3. The molecule has 148 valence electrons. The van der Waals surface area contributed by atoms with Gasteiger partial charge in [-0.1, -0.05) is 24.3 Å². The summed E-state index contributed by atoms with van der Waals surface area (Å²) in [5, 5.41) is 3.14. The van der Waals surface area contributed by atoms with Gasteiger partial charge < -0.3 is 24.4 Å². The molecule has 1 N–H and O–H groups in total. The maximum absolute atomic E-state index is 12.2. The lowest BCUT2D eigenvalue weighted by atomic mass is 9.94. The van der Waals surface area contributed by atoms with Crippen molar-refractivity contribution < 1.29 is 19.0 Å². The number of benzene rings is 1. The molecule has 1 aromatic heterocycles. The third-order valence-electron chi connectivity index (χ3n) is 5.48. The molecule has 0 saturated carbocycles. The average molecular weight is 384 g/mol. The molecule has 0 radical (unpaired) electrons. The summed E-state index contributed by atoms with van der Waals surface area (Å²) in [6.07, 6.45) is 0. The minimum absolute atomic E-state index is 0.0515. The van der Waals surface area contributed by atoms with Crippen LogP contribution in [0.25, 0.3) is 0 Å². The topological polar surface area (TPSA) is 85.8 Å². The molecule has 1 amide bonds. The number of nitrogens with zero attached hydrogens (tertiary/aromatic N) is 3. The van der Waals surface area contributed by atoms with Crippen LogP contribution in [0.1, 0.15) is 23.1 Å². The van der Waals surface area contributed by atoms with E-state index in [4.69, 9.17) is 14.2 Å². The van der Waals surface area contributed by atoms with Crippen LogP contribution in [0.15, 0.2) is 30.3 Å². The Morgan fingerprint density at radius 3 is 2.43 bits per heavy atom. The fourth-order valence-electron chi connectivity index (χ4n) is 4.30. The second-order valence-corrected chi connectivity index (χ2v) is 7.04. The van der Waals surface area contributed by atoms with Gasteiger partial charge in [-0.3, -0.25) is 4.79 Å². The molecule has 1 aliphatic carbocycles. The first kappa shape index (κ1) is 18.5. The molecule has 1 fully saturated rings. The van der Waals surface area contributed by atoms with Crippen LogP contribution in [0.2, 0.25) is 0 Å². The standard InChI is InChI=1S/C20H24N4O4/c1-26-11-16(25)21-19-13-7-5-4-6-12(13)14-9-24(10-15(14)19)20-22-17(27-2)8-18(23-20)28-3/h4-8,14-15,19H,9-11H2,1-3H3,(H,21,25)/t14-,15-,19+/m0/s1. The second-order valence-electron chi connectivity index (χ2n) is 7.04. The Morgan fingerprint density at radius 1 is 1.11 bits per heavy atom. The number of nitrogens with one attached hydrogen (secondary N) is 1. The van der Waals surface area contributed by atoms with E-state index in [2.05, 4.69) is 32.3 Å². The van der Waals surface area contributed by atoms with Crippen molar-refractivity contribution in [1.29, 1.82) is 0 Å². The Kier molecular flexibility index (Phi) is 5.04. The van der Waals surface area contributed by atoms with Crippen molar-refractivity contribution in [3.05, 3.63) is 41.5 Å². The lowest BCUT2D eigenvalue weighted by Crippen LogP contribution is -2.35. The van der Waals surface area contributed by atoms with Gasteiger partial charge in [-0.15, -0.1) is 0 Å². The fraction of sp³-hybridized carbons (Fsp3) is 0.450. The van der Waals surface area contributed by atoms with Gasteiger partial charge >= 0.3 is 0 Å². The van der Waals surface area contributed by atoms with Crippen LogP contribution in [0.3, 0.4) is 0 Å². The Morgan fingerprint density at radius 2 is 1.79 bits per heavy atom. The van der Waals surface area contributed by atoms with Crippen molar-refractivity contribution in [2.75, 3.05) is 45.9 Å². The van der Waals surface area contributed by atoms with Crippen molar-refractivity contribution in [3.8, 4) is 11.8 Å². The highest BCUT2D eigenvalue weighted by Crippen LogP contribution is 2.49. The first-order valence-electron chi connectivity index (χ1n) is 9.23. The third kappa shape index (κ3) is 3.24. The Labute approximate surface area is 163 Å². The monoisotopic (exact) mass is 384 g/mol. The first-order chi connectivity index (χ1) is 13.6. The van der Waals surface area contributed by atoms with E-state index in [1.807, 2.05) is 12.1 Å². The molecule has 1 aliphatic heterocycles. The van der Waals surface area contributed by atoms with Gasteiger partial charge in [0.15, 0.2) is 0 Å². The quantitative estimate of drug-likeness (QED) is 0.808. The van der Waals surface area contributed by atoms with Crippen LogP contribution in [-0.4, -0.2) is 56.9 Å². The molecule has 3 atom stereocenters. The SMILES string of the molecule is COCC(=O)N[C@@H]1c2ccccc2[C@@H]2CN(c3nc(OC)cc(OC)n3)C[C@H]12. The number of amides is 1. The van der Waals surface area contributed by atoms with Gasteiger partial charge in [-0.2, -0.15) is 9.97 Å². The zero-order valence-electron chi connectivity index (χ0n) is 16.2. The smallest absolute Gasteiger partial charge is 0.246 e. The highest BCUT2D eigenvalue weighted by molar-refractivity contribution is 5.78. The van der Waals surface area contributed by atoms with E-state index in [1.54, 1.807) is 20.3 Å². The normalized spacial score (nSPS) is 22.5. The number of ether oxygens (including phenoxy) is 3. The predicted molar refractivity (Wildman–Crippen MR) is 103 cm³/mol. The molecule has 28 heavy (non-hydrogen) atoms. The van der Waals surface area contributed by atoms with Crippen LogP contribution < -0.4 is 19.7 Å². The number of carbonyl (C=O) groups is 1. The van der Waals surface area contributed by atoms with E-state index < -0.39 is 0 Å². The molecule has 8 heteroatoms. The summed E-state index contributed by atoms with van der Waals surface area (Å²) in [7, 11) is 4.67. The van der Waals surface area contributed by atoms with Crippen LogP contribution >= 0.6 is 0 Å². The summed E-state index contributed by atoms with van der Waals surface area (Å²) in [5.41, 5.74) is 2.46. The maximum Gasteiger partial charge on any atom is 0.246 e. The Hall–Kier alpha value is -2.87. The lowest BCUT2D eigenvalue weighted by molar-refractivity contribution is -0.125. The number of hydrogen-bond acceptors (Lipinski definition) is 7. The minimum Gasteiger partial charge on any atom is -0.481 e. The van der Waals surface area contributed by atoms with E-state index in [9.17, 15) is 4.79 Å². The van der Waals surface area contributed by atoms with Crippen LogP contribution in [0.4, 0.5) is 5.95 Å². The van der Waals surface area contributed by atoms with Crippen LogP contribution in [-0.2, 0) is 9.53 Å². The van der Waals surface area contributed by atoms with Crippen LogP contribution in [0, 0.1) is 5.92 Å². The summed E-state index contributed by atoms with van der Waals surface area (Å²) < 4.78 is 15.5. The number of methoxy groups -OCH3 is 3. The number of fused-ring (bicyclic) bond motifs is 3. The van der Waals surface area contributed by atoms with Gasteiger partial charge in [0.1, 0.15) is 6.61 Å². The van der Waals surface area contributed by atoms with E-state index in [0.29, 0.717) is 23.6 Å². The molecule has 2 aromatic rings. The lowest BCUT2D eigenvalue weighted by Gasteiger charge is -2.23. The molecule has 1 saturated heterocycles. The van der Waals surface area contributed by atoms with Crippen molar-refractivity contribution in [2.24, 2.45) is 5.92 Å². The average Bonchev–Trinajstić information content (AvgIpc) is 3.27. The number of aromatic nitrogens is 2. The molecule has 0 unspecified atom stereocenters. The van der Waals surface area contributed by atoms with Crippen molar-refractivity contribution in [3.63, 3.8) is 0 Å². The molecule has 2 aliphatic rings. The molecule has 4 rings (SSSR count). The number of hydrogen-bond donors (Lipinski definition) is 1. The highest BCUT2D eigenvalue weighted by Gasteiger charge is 2.47. The molecular formula is C20H24N4O4. The molecule has 1 aromatic carbocycles. The van der Waals surface area contributed by atoms with Crippen LogP contribution in [0.5, 0.6) is 11.8 Å². The Balaban J connectivity index is 1.63. The van der Waals surface area contributed by atoms with Crippen molar-refractivity contribution in [1.82, 2.24) is 15.3 Å².